The molecule has 1 N–H and O–H groups in total. The van der Waals surface area contributed by atoms with Gasteiger partial charge in [0.25, 0.3) is 5.91 Å². The van der Waals surface area contributed by atoms with Crippen LogP contribution < -0.4 is 5.43 Å². The van der Waals surface area contributed by atoms with Crippen molar-refractivity contribution in [2.24, 2.45) is 15.9 Å². The molecule has 8 heteroatoms. The molecule has 208 valence electrons. The highest BCUT2D eigenvalue weighted by Crippen LogP contribution is 2.53. The van der Waals surface area contributed by atoms with Crippen molar-refractivity contribution in [2.75, 3.05) is 6.54 Å². The van der Waals surface area contributed by atoms with Gasteiger partial charge in [-0.25, -0.2) is 13.8 Å². The summed E-state index contributed by atoms with van der Waals surface area (Å²) in [4.78, 5) is 13.0. The average Bonchev–Trinajstić information content (AvgIpc) is 3.38. The SMILES string of the molecule is CCn1c2ccccc2c2cc(C=NNC(=O)c3ccc(S(=O)(=O)N4CC5(C)CC4CC(C)(C)C5)cc3)ccc21. The lowest BCUT2D eigenvalue weighted by Gasteiger charge is -2.39. The molecule has 6 rings (SSSR count). The molecule has 1 amide bonds. The van der Waals surface area contributed by atoms with Crippen molar-refractivity contribution in [1.82, 2.24) is 14.3 Å². The molecule has 2 atom stereocenters. The number of hydrogen-bond donors (Lipinski definition) is 1. The molecule has 2 unspecified atom stereocenters. The van der Waals surface area contributed by atoms with Crippen molar-refractivity contribution in [2.45, 2.75) is 64.4 Å². The van der Waals surface area contributed by atoms with Gasteiger partial charge in [0.15, 0.2) is 0 Å². The lowest BCUT2D eigenvalue weighted by molar-refractivity contribution is 0.0955. The minimum absolute atomic E-state index is 0.00885. The summed E-state index contributed by atoms with van der Waals surface area (Å²) in [6, 6.07) is 20.7. The predicted molar refractivity (Wildman–Crippen MR) is 160 cm³/mol. The van der Waals surface area contributed by atoms with Gasteiger partial charge in [0.1, 0.15) is 0 Å². The Bertz CT molecular complexity index is 1750. The Balaban J connectivity index is 1.16. The standard InChI is InChI=1S/C32H36N4O3S/c1-5-35-28-9-7-6-8-26(28)27-16-22(10-15-29(27)35)19-33-34-30(37)23-11-13-25(14-12-23)40(38,39)36-21-32(4)18-24(36)17-31(2,3)20-32/h6-16,19,24H,5,17-18,20-21H2,1-4H3,(H,34,37). The highest BCUT2D eigenvalue weighted by Gasteiger charge is 2.53. The van der Waals surface area contributed by atoms with Gasteiger partial charge in [-0.15, -0.1) is 0 Å². The summed E-state index contributed by atoms with van der Waals surface area (Å²) in [5.74, 6) is -0.393. The van der Waals surface area contributed by atoms with E-state index in [0.29, 0.717) is 12.1 Å². The van der Waals surface area contributed by atoms with Crippen LogP contribution in [0.15, 0.2) is 76.7 Å². The Morgan fingerprint density at radius 3 is 2.48 bits per heavy atom. The Labute approximate surface area is 235 Å². The van der Waals surface area contributed by atoms with Gasteiger partial charge in [0.05, 0.1) is 11.1 Å². The molecule has 0 radical (unpaired) electrons. The predicted octanol–water partition coefficient (Wildman–Crippen LogP) is 6.17. The Morgan fingerprint density at radius 1 is 1.00 bits per heavy atom. The number of carbonyl (C=O) groups is 1. The summed E-state index contributed by atoms with van der Waals surface area (Å²) in [6.07, 6.45) is 4.43. The number of aryl methyl sites for hydroxylation is 1. The van der Waals surface area contributed by atoms with Crippen LogP contribution in [0.5, 0.6) is 0 Å². The first-order chi connectivity index (χ1) is 19.0. The van der Waals surface area contributed by atoms with Crippen molar-refractivity contribution in [3.05, 3.63) is 77.9 Å². The number of hydrogen-bond acceptors (Lipinski definition) is 4. The lowest BCUT2D eigenvalue weighted by atomic mass is 9.65. The zero-order valence-electron chi connectivity index (χ0n) is 23.5. The van der Waals surface area contributed by atoms with Gasteiger partial charge in [0, 0.05) is 46.5 Å². The van der Waals surface area contributed by atoms with Crippen molar-refractivity contribution in [1.29, 1.82) is 0 Å². The number of para-hydroxylation sites is 1. The van der Waals surface area contributed by atoms with E-state index < -0.39 is 15.9 Å². The van der Waals surface area contributed by atoms with E-state index in [2.05, 4.69) is 67.1 Å². The van der Waals surface area contributed by atoms with Gasteiger partial charge in [-0.05, 0) is 85.0 Å². The highest BCUT2D eigenvalue weighted by molar-refractivity contribution is 7.89. The third-order valence-electron chi connectivity index (χ3n) is 8.58. The topological polar surface area (TPSA) is 83.8 Å². The van der Waals surface area contributed by atoms with Gasteiger partial charge in [-0.3, -0.25) is 4.79 Å². The minimum atomic E-state index is -3.64. The van der Waals surface area contributed by atoms with Gasteiger partial charge >= 0.3 is 0 Å². The van der Waals surface area contributed by atoms with Crippen molar-refractivity contribution >= 4 is 44.0 Å². The van der Waals surface area contributed by atoms with Crippen LogP contribution in [0.4, 0.5) is 0 Å². The van der Waals surface area contributed by atoms with E-state index in [-0.39, 0.29) is 21.8 Å². The summed E-state index contributed by atoms with van der Waals surface area (Å²) in [5, 5.41) is 6.49. The lowest BCUT2D eigenvalue weighted by Crippen LogP contribution is -2.37. The van der Waals surface area contributed by atoms with Crippen LogP contribution in [0.2, 0.25) is 0 Å². The Hall–Kier alpha value is -3.49. The average molecular weight is 557 g/mol. The molecule has 2 aliphatic rings. The number of carbonyl (C=O) groups excluding carboxylic acids is 1. The van der Waals surface area contributed by atoms with E-state index in [4.69, 9.17) is 0 Å². The van der Waals surface area contributed by atoms with Gasteiger partial charge in [-0.2, -0.15) is 9.41 Å². The molecule has 2 fully saturated rings. The summed E-state index contributed by atoms with van der Waals surface area (Å²) in [5.41, 5.74) is 6.29. The van der Waals surface area contributed by atoms with Crippen LogP contribution in [0, 0.1) is 10.8 Å². The Kier molecular flexibility index (Phi) is 6.39. The number of nitrogens with one attached hydrogen (secondary N) is 1. The molecule has 1 saturated heterocycles. The number of sulfonamides is 1. The van der Waals surface area contributed by atoms with Crippen LogP contribution in [-0.2, 0) is 16.6 Å². The molecule has 1 aliphatic carbocycles. The van der Waals surface area contributed by atoms with E-state index in [9.17, 15) is 13.2 Å². The first-order valence-corrected chi connectivity index (χ1v) is 15.4. The quantitative estimate of drug-likeness (QED) is 0.228. The third-order valence-corrected chi connectivity index (χ3v) is 10.5. The summed E-state index contributed by atoms with van der Waals surface area (Å²) in [7, 11) is -3.64. The molecule has 7 nitrogen and oxygen atoms in total. The van der Waals surface area contributed by atoms with E-state index >= 15 is 0 Å². The maximum atomic E-state index is 13.5. The van der Waals surface area contributed by atoms with Crippen LogP contribution in [-0.4, -0.2) is 42.0 Å². The summed E-state index contributed by atoms with van der Waals surface area (Å²) < 4.78 is 31.0. The monoisotopic (exact) mass is 556 g/mol. The number of benzene rings is 3. The zero-order chi connectivity index (χ0) is 28.3. The first-order valence-electron chi connectivity index (χ1n) is 14.0. The number of fused-ring (bicyclic) bond motifs is 5. The number of amides is 1. The smallest absolute Gasteiger partial charge is 0.271 e. The molecule has 40 heavy (non-hydrogen) atoms. The molecule has 1 aliphatic heterocycles. The maximum Gasteiger partial charge on any atom is 0.271 e. The molecule has 1 aromatic heterocycles. The van der Waals surface area contributed by atoms with E-state index in [1.54, 1.807) is 22.7 Å². The van der Waals surface area contributed by atoms with Crippen LogP contribution in [0.1, 0.15) is 62.9 Å². The second-order valence-corrected chi connectivity index (χ2v) is 14.4. The van der Waals surface area contributed by atoms with Crippen LogP contribution >= 0.6 is 0 Å². The maximum absolute atomic E-state index is 13.5. The van der Waals surface area contributed by atoms with E-state index in [0.717, 1.165) is 42.3 Å². The second-order valence-electron chi connectivity index (χ2n) is 12.5. The summed E-state index contributed by atoms with van der Waals surface area (Å²) in [6.45, 7) is 10.2. The molecular weight excluding hydrogens is 520 g/mol. The second kappa shape index (κ2) is 9.56. The molecule has 2 bridgehead atoms. The molecule has 0 spiro atoms. The van der Waals surface area contributed by atoms with Crippen LogP contribution in [0.25, 0.3) is 21.8 Å². The molecular formula is C32H36N4O3S. The minimum Gasteiger partial charge on any atom is -0.341 e. The number of nitrogens with zero attached hydrogens (tertiary/aromatic N) is 3. The summed E-state index contributed by atoms with van der Waals surface area (Å²) >= 11 is 0. The Morgan fingerprint density at radius 2 is 1.73 bits per heavy atom. The van der Waals surface area contributed by atoms with Crippen molar-refractivity contribution < 1.29 is 13.2 Å². The fourth-order valence-electron chi connectivity index (χ4n) is 7.33. The fourth-order valence-corrected chi connectivity index (χ4v) is 9.10. The van der Waals surface area contributed by atoms with Crippen molar-refractivity contribution in [3.63, 3.8) is 0 Å². The van der Waals surface area contributed by atoms with E-state index in [1.807, 2.05) is 18.2 Å². The molecule has 2 heterocycles. The molecule has 3 aromatic carbocycles. The fraction of sp³-hybridized carbons (Fsp3) is 0.375. The van der Waals surface area contributed by atoms with Gasteiger partial charge in [-0.1, -0.05) is 45.0 Å². The largest absolute Gasteiger partial charge is 0.341 e. The number of hydrazone groups is 1. The van der Waals surface area contributed by atoms with Crippen LogP contribution in [0.3, 0.4) is 0 Å². The third kappa shape index (κ3) is 4.63. The normalized spacial score (nSPS) is 22.9. The molecule has 1 saturated carbocycles. The first kappa shape index (κ1) is 26.7. The van der Waals surface area contributed by atoms with Gasteiger partial charge in [0.2, 0.25) is 10.0 Å². The van der Waals surface area contributed by atoms with Gasteiger partial charge < -0.3 is 4.57 Å². The number of aromatic nitrogens is 1. The zero-order valence-corrected chi connectivity index (χ0v) is 24.3. The highest BCUT2D eigenvalue weighted by atomic mass is 32.2. The number of rotatable bonds is 6. The van der Waals surface area contributed by atoms with Crippen molar-refractivity contribution in [3.8, 4) is 0 Å². The van der Waals surface area contributed by atoms with E-state index in [1.165, 1.54) is 23.0 Å². The molecule has 4 aromatic rings.